The van der Waals surface area contributed by atoms with Gasteiger partial charge < -0.3 is 5.11 Å². The van der Waals surface area contributed by atoms with Gasteiger partial charge in [-0.1, -0.05) is 26.0 Å². The van der Waals surface area contributed by atoms with E-state index in [0.29, 0.717) is 11.2 Å². The molecule has 2 rings (SSSR count). The van der Waals surface area contributed by atoms with Crippen LogP contribution < -0.4 is 0 Å². The molecule has 0 atom stereocenters. The summed E-state index contributed by atoms with van der Waals surface area (Å²) in [4.78, 5) is 2.44. The predicted molar refractivity (Wildman–Crippen MR) is 61.9 cm³/mol. The van der Waals surface area contributed by atoms with Crippen molar-refractivity contribution in [2.75, 3.05) is 13.1 Å². The van der Waals surface area contributed by atoms with Crippen molar-refractivity contribution < 1.29 is 5.11 Å². The third-order valence-corrected chi connectivity index (χ3v) is 2.97. The smallest absolute Gasteiger partial charge is 0.118 e. The van der Waals surface area contributed by atoms with Crippen molar-refractivity contribution in [3.8, 4) is 5.75 Å². The summed E-state index contributed by atoms with van der Waals surface area (Å²) in [5, 5.41) is 9.42. The van der Waals surface area contributed by atoms with Crippen LogP contribution in [0, 0.1) is 12.3 Å². The van der Waals surface area contributed by atoms with Gasteiger partial charge in [-0.3, -0.25) is 4.90 Å². The minimum absolute atomic E-state index is 0.391. The molecule has 1 saturated heterocycles. The molecular weight excluding hydrogens is 186 g/mol. The van der Waals surface area contributed by atoms with Gasteiger partial charge in [-0.2, -0.15) is 0 Å². The molecule has 0 radical (unpaired) electrons. The lowest BCUT2D eigenvalue weighted by atomic mass is 9.84. The highest BCUT2D eigenvalue weighted by Crippen LogP contribution is 2.30. The quantitative estimate of drug-likeness (QED) is 0.802. The summed E-state index contributed by atoms with van der Waals surface area (Å²) in [6, 6.07) is 5.86. The number of phenolic OH excluding ortho intramolecular Hbond substituents is 1. The van der Waals surface area contributed by atoms with E-state index in [1.807, 2.05) is 13.0 Å². The van der Waals surface area contributed by atoms with E-state index in [4.69, 9.17) is 0 Å². The Morgan fingerprint density at radius 3 is 2.53 bits per heavy atom. The third-order valence-electron chi connectivity index (χ3n) is 2.97. The van der Waals surface area contributed by atoms with Gasteiger partial charge in [0, 0.05) is 19.6 Å². The SMILES string of the molecule is Cc1cc(CN2CC(C)(C)C2)ccc1O. The van der Waals surface area contributed by atoms with E-state index in [2.05, 4.69) is 24.8 Å². The van der Waals surface area contributed by atoms with Crippen LogP contribution in [0.3, 0.4) is 0 Å². The maximum Gasteiger partial charge on any atom is 0.118 e. The van der Waals surface area contributed by atoms with Crippen LogP contribution in [-0.4, -0.2) is 23.1 Å². The maximum absolute atomic E-state index is 9.42. The Hall–Kier alpha value is -1.02. The molecule has 0 aromatic heterocycles. The summed E-state index contributed by atoms with van der Waals surface area (Å²) < 4.78 is 0. The van der Waals surface area contributed by atoms with Crippen molar-refractivity contribution in [3.63, 3.8) is 0 Å². The number of phenols is 1. The molecule has 15 heavy (non-hydrogen) atoms. The largest absolute Gasteiger partial charge is 0.508 e. The Morgan fingerprint density at radius 1 is 1.33 bits per heavy atom. The molecule has 1 fully saturated rings. The minimum Gasteiger partial charge on any atom is -0.508 e. The molecule has 1 N–H and O–H groups in total. The first-order valence-electron chi connectivity index (χ1n) is 5.47. The van der Waals surface area contributed by atoms with Gasteiger partial charge in [-0.05, 0) is 29.5 Å². The highest BCUT2D eigenvalue weighted by molar-refractivity contribution is 5.34. The fourth-order valence-electron chi connectivity index (χ4n) is 2.35. The number of likely N-dealkylation sites (tertiary alicyclic amines) is 1. The third kappa shape index (κ3) is 2.32. The van der Waals surface area contributed by atoms with E-state index in [1.165, 1.54) is 18.7 Å². The summed E-state index contributed by atoms with van der Waals surface area (Å²) >= 11 is 0. The lowest BCUT2D eigenvalue weighted by Gasteiger charge is -2.46. The molecule has 2 nitrogen and oxygen atoms in total. The summed E-state index contributed by atoms with van der Waals surface area (Å²) in [6.07, 6.45) is 0. The van der Waals surface area contributed by atoms with Crippen LogP contribution in [0.25, 0.3) is 0 Å². The van der Waals surface area contributed by atoms with Crippen LogP contribution in [0.2, 0.25) is 0 Å². The summed E-state index contributed by atoms with van der Waals surface area (Å²) in [6.45, 7) is 9.89. The van der Waals surface area contributed by atoms with Gasteiger partial charge in [0.2, 0.25) is 0 Å². The average Bonchev–Trinajstić information content (AvgIpc) is 2.08. The molecule has 0 spiro atoms. The van der Waals surface area contributed by atoms with Gasteiger partial charge in [0.15, 0.2) is 0 Å². The van der Waals surface area contributed by atoms with Crippen molar-refractivity contribution in [1.82, 2.24) is 4.90 Å². The van der Waals surface area contributed by atoms with Crippen molar-refractivity contribution in [1.29, 1.82) is 0 Å². The van der Waals surface area contributed by atoms with E-state index in [0.717, 1.165) is 12.1 Å². The van der Waals surface area contributed by atoms with E-state index in [1.54, 1.807) is 6.07 Å². The van der Waals surface area contributed by atoms with Crippen molar-refractivity contribution in [2.24, 2.45) is 5.41 Å². The van der Waals surface area contributed by atoms with E-state index in [9.17, 15) is 5.11 Å². The molecule has 0 saturated carbocycles. The Labute approximate surface area is 91.5 Å². The molecule has 1 aromatic carbocycles. The van der Waals surface area contributed by atoms with Crippen molar-refractivity contribution in [3.05, 3.63) is 29.3 Å². The zero-order valence-corrected chi connectivity index (χ0v) is 9.75. The van der Waals surface area contributed by atoms with Crippen LogP contribution in [-0.2, 0) is 6.54 Å². The van der Waals surface area contributed by atoms with E-state index in [-0.39, 0.29) is 0 Å². The average molecular weight is 205 g/mol. The molecule has 0 bridgehead atoms. The fraction of sp³-hybridized carbons (Fsp3) is 0.538. The highest BCUT2D eigenvalue weighted by Gasteiger charge is 2.33. The Bertz CT molecular complexity index is 363. The van der Waals surface area contributed by atoms with Crippen molar-refractivity contribution >= 4 is 0 Å². The van der Waals surface area contributed by atoms with Crippen LogP contribution in [0.5, 0.6) is 5.75 Å². The molecule has 0 unspecified atom stereocenters. The minimum atomic E-state index is 0.391. The number of aryl methyl sites for hydroxylation is 1. The van der Waals surface area contributed by atoms with E-state index >= 15 is 0 Å². The number of aromatic hydroxyl groups is 1. The Morgan fingerprint density at radius 2 is 2.00 bits per heavy atom. The zero-order valence-electron chi connectivity index (χ0n) is 9.75. The normalized spacial score (nSPS) is 19.9. The topological polar surface area (TPSA) is 23.5 Å². The van der Waals surface area contributed by atoms with Gasteiger partial charge in [0.05, 0.1) is 0 Å². The van der Waals surface area contributed by atoms with E-state index < -0.39 is 0 Å². The van der Waals surface area contributed by atoms with Gasteiger partial charge in [-0.15, -0.1) is 0 Å². The second-order valence-corrected chi connectivity index (χ2v) is 5.43. The lowest BCUT2D eigenvalue weighted by Crippen LogP contribution is -2.52. The molecular formula is C13H19NO. The fourth-order valence-corrected chi connectivity index (χ4v) is 2.35. The molecule has 0 aliphatic carbocycles. The first kappa shape index (κ1) is 10.5. The van der Waals surface area contributed by atoms with Crippen LogP contribution in [0.15, 0.2) is 18.2 Å². The number of benzene rings is 1. The number of hydrogen-bond donors (Lipinski definition) is 1. The summed E-state index contributed by atoms with van der Waals surface area (Å²) in [7, 11) is 0. The molecule has 1 aliphatic heterocycles. The first-order chi connectivity index (χ1) is 6.96. The molecule has 1 heterocycles. The van der Waals surface area contributed by atoms with Crippen molar-refractivity contribution in [2.45, 2.75) is 27.3 Å². The Kier molecular flexibility index (Phi) is 2.47. The summed E-state index contributed by atoms with van der Waals surface area (Å²) in [5.74, 6) is 0.391. The first-order valence-corrected chi connectivity index (χ1v) is 5.47. The van der Waals surface area contributed by atoms with Crippen LogP contribution in [0.4, 0.5) is 0 Å². The molecule has 1 aliphatic rings. The van der Waals surface area contributed by atoms with Crippen LogP contribution >= 0.6 is 0 Å². The zero-order chi connectivity index (χ0) is 11.1. The second kappa shape index (κ2) is 3.53. The molecule has 82 valence electrons. The van der Waals surface area contributed by atoms with Gasteiger partial charge in [0.1, 0.15) is 5.75 Å². The lowest BCUT2D eigenvalue weighted by molar-refractivity contribution is 0.0242. The predicted octanol–water partition coefficient (Wildman–Crippen LogP) is 2.54. The second-order valence-electron chi connectivity index (χ2n) is 5.43. The summed E-state index contributed by atoms with van der Waals surface area (Å²) in [5.41, 5.74) is 2.75. The maximum atomic E-state index is 9.42. The van der Waals surface area contributed by atoms with Gasteiger partial charge >= 0.3 is 0 Å². The number of hydrogen-bond acceptors (Lipinski definition) is 2. The monoisotopic (exact) mass is 205 g/mol. The molecule has 2 heteroatoms. The Balaban J connectivity index is 1.98. The number of rotatable bonds is 2. The standard InChI is InChI=1S/C13H19NO/c1-10-6-11(4-5-12(10)15)7-14-8-13(2,3)9-14/h4-6,15H,7-9H2,1-3H3. The highest BCUT2D eigenvalue weighted by atomic mass is 16.3. The number of nitrogens with zero attached hydrogens (tertiary/aromatic N) is 1. The molecule has 0 amide bonds. The van der Waals surface area contributed by atoms with Gasteiger partial charge in [0.25, 0.3) is 0 Å². The van der Waals surface area contributed by atoms with Crippen LogP contribution in [0.1, 0.15) is 25.0 Å². The van der Waals surface area contributed by atoms with Gasteiger partial charge in [-0.25, -0.2) is 0 Å². The molecule has 1 aromatic rings.